The Balaban J connectivity index is 1.59. The molecule has 1 fully saturated rings. The molecule has 0 saturated carbocycles. The van der Waals surface area contributed by atoms with Crippen LogP contribution in [-0.2, 0) is 19.9 Å². The molecule has 2 aromatic rings. The highest BCUT2D eigenvalue weighted by Gasteiger charge is 2.66. The molecule has 1 spiro atoms. The number of anilines is 2. The summed E-state index contributed by atoms with van der Waals surface area (Å²) in [5.74, 6) is -0.631. The Morgan fingerprint density at radius 1 is 1.09 bits per heavy atom. The van der Waals surface area contributed by atoms with Crippen LogP contribution in [0.4, 0.5) is 11.4 Å². The van der Waals surface area contributed by atoms with Gasteiger partial charge in [0, 0.05) is 43.0 Å². The summed E-state index contributed by atoms with van der Waals surface area (Å²) in [7, 11) is -2.83. The molecule has 5 rings (SSSR count). The van der Waals surface area contributed by atoms with E-state index in [1.165, 1.54) is 16.2 Å². The minimum atomic E-state index is -2.83. The monoisotopic (exact) mass is 629 g/mol. The van der Waals surface area contributed by atoms with Crippen LogP contribution in [-0.4, -0.2) is 55.0 Å². The lowest BCUT2D eigenvalue weighted by Gasteiger charge is -2.32. The molecular formula is C36H47N3O5Si. The van der Waals surface area contributed by atoms with Crippen molar-refractivity contribution in [3.05, 3.63) is 83.0 Å². The smallest absolute Gasteiger partial charge is 0.264 e. The van der Waals surface area contributed by atoms with Gasteiger partial charge < -0.3 is 19.5 Å². The molecule has 9 heteroatoms. The van der Waals surface area contributed by atoms with Crippen LogP contribution in [0.2, 0.25) is 18.6 Å². The van der Waals surface area contributed by atoms with Gasteiger partial charge >= 0.3 is 0 Å². The quantitative estimate of drug-likeness (QED) is 0.233. The number of aliphatic hydroxyl groups is 1. The van der Waals surface area contributed by atoms with E-state index >= 15 is 0 Å². The minimum Gasteiger partial charge on any atom is -0.432 e. The van der Waals surface area contributed by atoms with Gasteiger partial charge in [0.15, 0.2) is 13.9 Å². The highest BCUT2D eigenvalue weighted by atomic mass is 28.4. The predicted octanol–water partition coefficient (Wildman–Crippen LogP) is 6.44. The number of benzene rings is 2. The number of hydrazone groups is 1. The summed E-state index contributed by atoms with van der Waals surface area (Å²) in [5, 5.41) is 16.2. The summed E-state index contributed by atoms with van der Waals surface area (Å²) in [4.78, 5) is 41.1. The summed E-state index contributed by atoms with van der Waals surface area (Å²) < 4.78 is 6.78. The highest BCUT2D eigenvalue weighted by molar-refractivity contribution is 6.71. The van der Waals surface area contributed by atoms with Crippen molar-refractivity contribution in [3.8, 4) is 0 Å². The molecule has 2 amide bonds. The van der Waals surface area contributed by atoms with E-state index in [1.54, 1.807) is 4.90 Å². The SMILES string of the molecule is CC(C)=CCC/C(C)=C/CN1C(=O)[C@@]2(O[C@@H](CCO)[C@H]([Si](C)(C)O)[C@H]2C)c2cc(N3N=C(c4ccccc4)CCC3=O)ccc21. The maximum absolute atomic E-state index is 14.6. The molecule has 3 aliphatic heterocycles. The highest BCUT2D eigenvalue weighted by Crippen LogP contribution is 2.60. The number of ether oxygens (including phenoxy) is 1. The van der Waals surface area contributed by atoms with Crippen LogP contribution in [0.5, 0.6) is 0 Å². The Morgan fingerprint density at radius 3 is 2.49 bits per heavy atom. The third-order valence-corrected chi connectivity index (χ3v) is 12.0. The van der Waals surface area contributed by atoms with E-state index in [-0.39, 0.29) is 29.9 Å². The second-order valence-electron chi connectivity index (χ2n) is 13.5. The molecule has 2 N–H and O–H groups in total. The number of rotatable bonds is 10. The largest absolute Gasteiger partial charge is 0.432 e. The van der Waals surface area contributed by atoms with E-state index in [9.17, 15) is 19.5 Å². The number of carbonyl (C=O) groups excluding carboxylic acids is 2. The summed E-state index contributed by atoms with van der Waals surface area (Å²) >= 11 is 0. The van der Waals surface area contributed by atoms with E-state index in [4.69, 9.17) is 9.84 Å². The zero-order chi connectivity index (χ0) is 32.5. The van der Waals surface area contributed by atoms with Gasteiger partial charge in [0.05, 0.1) is 23.2 Å². The van der Waals surface area contributed by atoms with Crippen LogP contribution < -0.4 is 9.91 Å². The van der Waals surface area contributed by atoms with Crippen LogP contribution in [0.25, 0.3) is 0 Å². The average molecular weight is 630 g/mol. The van der Waals surface area contributed by atoms with Crippen molar-refractivity contribution < 1.29 is 24.2 Å². The lowest BCUT2D eigenvalue weighted by Crippen LogP contribution is -2.46. The molecular weight excluding hydrogens is 582 g/mol. The Bertz CT molecular complexity index is 1520. The first-order valence-electron chi connectivity index (χ1n) is 16.1. The Labute approximate surface area is 268 Å². The number of allylic oxidation sites excluding steroid dienone is 3. The second kappa shape index (κ2) is 13.2. The molecule has 8 nitrogen and oxygen atoms in total. The van der Waals surface area contributed by atoms with Crippen molar-refractivity contribution in [1.82, 2.24) is 0 Å². The van der Waals surface area contributed by atoms with Gasteiger partial charge in [-0.2, -0.15) is 5.10 Å². The molecule has 0 radical (unpaired) electrons. The van der Waals surface area contributed by atoms with Crippen molar-refractivity contribution >= 4 is 37.2 Å². The molecule has 3 heterocycles. The molecule has 0 unspecified atom stereocenters. The fraction of sp³-hybridized carbons (Fsp3) is 0.472. The number of fused-ring (bicyclic) bond motifs is 2. The van der Waals surface area contributed by atoms with E-state index in [2.05, 4.69) is 32.9 Å². The van der Waals surface area contributed by atoms with Crippen LogP contribution >= 0.6 is 0 Å². The van der Waals surface area contributed by atoms with Gasteiger partial charge in [-0.25, -0.2) is 5.01 Å². The first-order valence-corrected chi connectivity index (χ1v) is 19.1. The fourth-order valence-electron chi connectivity index (χ4n) is 7.31. The van der Waals surface area contributed by atoms with Gasteiger partial charge in [-0.05, 0) is 76.9 Å². The molecule has 240 valence electrons. The van der Waals surface area contributed by atoms with Crippen molar-refractivity contribution in [2.24, 2.45) is 11.0 Å². The zero-order valence-corrected chi connectivity index (χ0v) is 28.4. The lowest BCUT2D eigenvalue weighted by atomic mass is 9.82. The summed E-state index contributed by atoms with van der Waals surface area (Å²) in [6.07, 6.45) is 6.90. The summed E-state index contributed by atoms with van der Waals surface area (Å²) in [6, 6.07) is 15.5. The first-order chi connectivity index (χ1) is 21.4. The van der Waals surface area contributed by atoms with E-state index < -0.39 is 20.0 Å². The van der Waals surface area contributed by atoms with Gasteiger partial charge in [0.2, 0.25) is 5.91 Å². The summed E-state index contributed by atoms with van der Waals surface area (Å²) in [5.41, 5.74) is 4.66. The van der Waals surface area contributed by atoms with Gasteiger partial charge in [0.25, 0.3) is 5.91 Å². The average Bonchev–Trinajstić information content (AvgIpc) is 3.42. The topological polar surface area (TPSA) is 103 Å². The Hall–Kier alpha value is -3.37. The molecule has 0 bridgehead atoms. The lowest BCUT2D eigenvalue weighted by molar-refractivity contribution is -0.146. The van der Waals surface area contributed by atoms with Gasteiger partial charge in [0.1, 0.15) is 0 Å². The van der Waals surface area contributed by atoms with Crippen molar-refractivity contribution in [2.45, 2.75) is 90.1 Å². The van der Waals surface area contributed by atoms with E-state index in [1.807, 2.05) is 68.5 Å². The minimum absolute atomic E-state index is 0.105. The molecule has 4 atom stereocenters. The molecule has 2 aromatic carbocycles. The zero-order valence-electron chi connectivity index (χ0n) is 27.4. The number of carbonyl (C=O) groups is 2. The summed E-state index contributed by atoms with van der Waals surface area (Å²) in [6.45, 7) is 12.3. The number of amides is 2. The molecule has 0 aliphatic carbocycles. The third-order valence-electron chi connectivity index (χ3n) is 9.48. The van der Waals surface area contributed by atoms with Crippen molar-refractivity contribution in [1.29, 1.82) is 0 Å². The van der Waals surface area contributed by atoms with Crippen LogP contribution in [0.15, 0.2) is 76.9 Å². The number of hydrogen-bond donors (Lipinski definition) is 2. The predicted molar refractivity (Wildman–Crippen MR) is 182 cm³/mol. The maximum atomic E-state index is 14.6. The van der Waals surface area contributed by atoms with Crippen molar-refractivity contribution in [3.63, 3.8) is 0 Å². The molecule has 0 aromatic heterocycles. The van der Waals surface area contributed by atoms with Crippen LogP contribution in [0.1, 0.15) is 70.9 Å². The number of aliphatic hydroxyl groups excluding tert-OH is 1. The van der Waals surface area contributed by atoms with Gasteiger partial charge in [-0.1, -0.05) is 60.6 Å². The number of hydrogen-bond acceptors (Lipinski definition) is 6. The van der Waals surface area contributed by atoms with Crippen molar-refractivity contribution in [2.75, 3.05) is 23.1 Å². The molecule has 3 aliphatic rings. The van der Waals surface area contributed by atoms with Crippen LogP contribution in [0, 0.1) is 5.92 Å². The molecule has 1 saturated heterocycles. The number of nitrogens with zero attached hydrogens (tertiary/aromatic N) is 3. The van der Waals surface area contributed by atoms with Crippen LogP contribution in [0.3, 0.4) is 0 Å². The van der Waals surface area contributed by atoms with E-state index in [0.717, 1.165) is 29.8 Å². The Morgan fingerprint density at radius 2 is 1.82 bits per heavy atom. The second-order valence-corrected chi connectivity index (χ2v) is 17.5. The molecule has 45 heavy (non-hydrogen) atoms. The van der Waals surface area contributed by atoms with Gasteiger partial charge in [-0.3, -0.25) is 9.59 Å². The van der Waals surface area contributed by atoms with E-state index in [0.29, 0.717) is 37.1 Å². The third kappa shape index (κ3) is 6.36. The standard InChI is InChI=1S/C36H47N3O5Si/c1-24(2)11-10-12-25(3)19-21-38-31-17-15-28(39-33(41)18-16-30(37-39)27-13-8-7-9-14-27)23-29(31)36(35(38)42)26(4)34(45(5,6)43)32(44-36)20-22-40/h7-9,11,13-15,17,19,23,26,32,34,40,43H,10,12,16,18,20-22H2,1-6H3/b25-19+/t26-,32+,34-,36+/m1/s1. The fourth-order valence-corrected chi connectivity index (χ4v) is 9.91. The first kappa shape index (κ1) is 33.0. The maximum Gasteiger partial charge on any atom is 0.264 e. The van der Waals surface area contributed by atoms with Gasteiger partial charge in [-0.15, -0.1) is 0 Å². The Kier molecular flexibility index (Phi) is 9.65. The normalized spacial score (nSPS) is 25.2.